The fourth-order valence-corrected chi connectivity index (χ4v) is 1.96. The molecule has 0 bridgehead atoms. The third-order valence-corrected chi connectivity index (χ3v) is 2.66. The van der Waals surface area contributed by atoms with E-state index in [4.69, 9.17) is 4.74 Å². The molecule has 3 nitrogen and oxygen atoms in total. The molecule has 1 aromatic heterocycles. The van der Waals surface area contributed by atoms with Crippen LogP contribution in [0.1, 0.15) is 30.2 Å². The summed E-state index contributed by atoms with van der Waals surface area (Å²) in [7, 11) is 0. The van der Waals surface area contributed by atoms with Gasteiger partial charge in [0.2, 0.25) is 0 Å². The lowest BCUT2D eigenvalue weighted by molar-refractivity contribution is -0.142. The van der Waals surface area contributed by atoms with E-state index in [1.807, 2.05) is 19.2 Å². The van der Waals surface area contributed by atoms with Crippen LogP contribution < -0.4 is 0 Å². The first-order valence-corrected chi connectivity index (χ1v) is 5.42. The van der Waals surface area contributed by atoms with E-state index in [1.165, 1.54) is 17.5 Å². The van der Waals surface area contributed by atoms with Crippen LogP contribution in [-0.2, 0) is 28.8 Å². The predicted molar refractivity (Wildman–Crippen MR) is 56.6 cm³/mol. The number of fused-ring (bicyclic) bond motifs is 1. The number of pyridine rings is 1. The Morgan fingerprint density at radius 2 is 2.27 bits per heavy atom. The van der Waals surface area contributed by atoms with E-state index in [0.717, 1.165) is 18.5 Å². The number of aryl methyl sites for hydroxylation is 2. The molecule has 0 spiro atoms. The fraction of sp³-hybridized carbons (Fsp3) is 0.500. The summed E-state index contributed by atoms with van der Waals surface area (Å²) in [6.45, 7) is 2.25. The molecule has 2 rings (SSSR count). The first-order chi connectivity index (χ1) is 7.29. The van der Waals surface area contributed by atoms with Crippen molar-refractivity contribution in [1.82, 2.24) is 4.98 Å². The van der Waals surface area contributed by atoms with Crippen LogP contribution in [0.3, 0.4) is 0 Å². The lowest BCUT2D eigenvalue weighted by atomic mass is 10.1. The maximum absolute atomic E-state index is 11.3. The van der Waals surface area contributed by atoms with E-state index in [0.29, 0.717) is 13.0 Å². The van der Waals surface area contributed by atoms with Crippen molar-refractivity contribution in [3.63, 3.8) is 0 Å². The molecule has 0 amide bonds. The van der Waals surface area contributed by atoms with Crippen molar-refractivity contribution >= 4 is 5.97 Å². The van der Waals surface area contributed by atoms with Crippen molar-refractivity contribution in [2.24, 2.45) is 0 Å². The zero-order valence-corrected chi connectivity index (χ0v) is 8.95. The smallest absolute Gasteiger partial charge is 0.311 e. The van der Waals surface area contributed by atoms with Crippen molar-refractivity contribution in [2.45, 2.75) is 32.6 Å². The number of carbonyl (C=O) groups is 1. The molecule has 1 aromatic rings. The maximum atomic E-state index is 11.3. The van der Waals surface area contributed by atoms with Gasteiger partial charge in [-0.3, -0.25) is 9.78 Å². The van der Waals surface area contributed by atoms with Crippen LogP contribution >= 0.6 is 0 Å². The molecule has 0 saturated heterocycles. The number of ether oxygens (including phenoxy) is 1. The Hall–Kier alpha value is -1.38. The Balaban J connectivity index is 2.06. The second-order valence-electron chi connectivity index (χ2n) is 3.78. The van der Waals surface area contributed by atoms with Crippen molar-refractivity contribution in [3.8, 4) is 0 Å². The van der Waals surface area contributed by atoms with Crippen LogP contribution in [0.25, 0.3) is 0 Å². The number of esters is 1. The van der Waals surface area contributed by atoms with Gasteiger partial charge in [-0.05, 0) is 43.4 Å². The molecule has 0 atom stereocenters. The van der Waals surface area contributed by atoms with E-state index in [9.17, 15) is 4.79 Å². The monoisotopic (exact) mass is 205 g/mol. The van der Waals surface area contributed by atoms with Crippen molar-refractivity contribution in [3.05, 3.63) is 29.1 Å². The van der Waals surface area contributed by atoms with Crippen LogP contribution in [-0.4, -0.2) is 17.6 Å². The van der Waals surface area contributed by atoms with E-state index < -0.39 is 0 Å². The van der Waals surface area contributed by atoms with Gasteiger partial charge in [-0.2, -0.15) is 0 Å². The summed E-state index contributed by atoms with van der Waals surface area (Å²) in [6.07, 6.45) is 5.65. The highest BCUT2D eigenvalue weighted by Gasteiger charge is 2.13. The number of carbonyl (C=O) groups excluding carboxylic acids is 1. The molecule has 0 unspecified atom stereocenters. The molecule has 0 fully saturated rings. The number of hydrogen-bond acceptors (Lipinski definition) is 3. The van der Waals surface area contributed by atoms with Gasteiger partial charge in [0.05, 0.1) is 18.7 Å². The quantitative estimate of drug-likeness (QED) is 0.705. The van der Waals surface area contributed by atoms with Crippen LogP contribution in [0.15, 0.2) is 12.3 Å². The average Bonchev–Trinajstić information content (AvgIpc) is 2.65. The molecule has 0 N–H and O–H groups in total. The summed E-state index contributed by atoms with van der Waals surface area (Å²) in [6, 6.07) is 2.04. The Bertz CT molecular complexity index is 374. The van der Waals surface area contributed by atoms with E-state index in [2.05, 4.69) is 4.98 Å². The standard InChI is InChI=1S/C12H15NO2/c1-2-15-12(14)7-11-6-9-4-3-5-10(9)8-13-11/h6,8H,2-5,7H2,1H3. The molecular formula is C12H15NO2. The number of aromatic nitrogens is 1. The summed E-state index contributed by atoms with van der Waals surface area (Å²) in [5.74, 6) is -0.192. The first kappa shape index (κ1) is 10.1. The Morgan fingerprint density at radius 3 is 3.07 bits per heavy atom. The molecule has 0 saturated carbocycles. The molecular weight excluding hydrogens is 190 g/mol. The van der Waals surface area contributed by atoms with E-state index in [1.54, 1.807) is 0 Å². The maximum Gasteiger partial charge on any atom is 0.311 e. The van der Waals surface area contributed by atoms with Crippen molar-refractivity contribution in [2.75, 3.05) is 6.61 Å². The second-order valence-corrected chi connectivity index (χ2v) is 3.78. The van der Waals surface area contributed by atoms with Gasteiger partial charge in [-0.15, -0.1) is 0 Å². The van der Waals surface area contributed by atoms with Crippen LogP contribution in [0.2, 0.25) is 0 Å². The second kappa shape index (κ2) is 4.43. The van der Waals surface area contributed by atoms with Crippen molar-refractivity contribution < 1.29 is 9.53 Å². The lowest BCUT2D eigenvalue weighted by Crippen LogP contribution is -2.09. The number of hydrogen-bond donors (Lipinski definition) is 0. The Labute approximate surface area is 89.5 Å². The lowest BCUT2D eigenvalue weighted by Gasteiger charge is -2.03. The zero-order chi connectivity index (χ0) is 10.7. The minimum atomic E-state index is -0.192. The molecule has 0 aromatic carbocycles. The molecule has 1 aliphatic carbocycles. The third-order valence-electron chi connectivity index (χ3n) is 2.66. The molecule has 80 valence electrons. The molecule has 1 heterocycles. The summed E-state index contributed by atoms with van der Waals surface area (Å²) >= 11 is 0. The van der Waals surface area contributed by atoms with Crippen molar-refractivity contribution in [1.29, 1.82) is 0 Å². The van der Waals surface area contributed by atoms with Crippen LogP contribution in [0.4, 0.5) is 0 Å². The minimum absolute atomic E-state index is 0.192. The zero-order valence-electron chi connectivity index (χ0n) is 8.95. The van der Waals surface area contributed by atoms with Crippen LogP contribution in [0.5, 0.6) is 0 Å². The minimum Gasteiger partial charge on any atom is -0.466 e. The van der Waals surface area contributed by atoms with E-state index >= 15 is 0 Å². The molecule has 1 aliphatic rings. The molecule has 0 aliphatic heterocycles. The van der Waals surface area contributed by atoms with Gasteiger partial charge < -0.3 is 4.74 Å². The summed E-state index contributed by atoms with van der Waals surface area (Å²) < 4.78 is 4.89. The average molecular weight is 205 g/mol. The summed E-state index contributed by atoms with van der Waals surface area (Å²) in [5.41, 5.74) is 3.51. The molecule has 3 heteroatoms. The van der Waals surface area contributed by atoms with Gasteiger partial charge >= 0.3 is 5.97 Å². The topological polar surface area (TPSA) is 39.2 Å². The van der Waals surface area contributed by atoms with E-state index in [-0.39, 0.29) is 5.97 Å². The highest BCUT2D eigenvalue weighted by Crippen LogP contribution is 2.21. The summed E-state index contributed by atoms with van der Waals surface area (Å²) in [5, 5.41) is 0. The highest BCUT2D eigenvalue weighted by molar-refractivity contribution is 5.72. The van der Waals surface area contributed by atoms with Gasteiger partial charge in [-0.25, -0.2) is 0 Å². The van der Waals surface area contributed by atoms with Gasteiger partial charge in [0.25, 0.3) is 0 Å². The highest BCUT2D eigenvalue weighted by atomic mass is 16.5. The van der Waals surface area contributed by atoms with Gasteiger partial charge in [0, 0.05) is 6.20 Å². The van der Waals surface area contributed by atoms with Gasteiger partial charge in [0.1, 0.15) is 0 Å². The Kier molecular flexibility index (Phi) is 2.99. The SMILES string of the molecule is CCOC(=O)Cc1cc2c(cn1)CCC2. The number of nitrogens with zero attached hydrogens (tertiary/aromatic N) is 1. The first-order valence-electron chi connectivity index (χ1n) is 5.42. The normalized spacial score (nSPS) is 13.7. The van der Waals surface area contributed by atoms with Crippen LogP contribution in [0, 0.1) is 0 Å². The predicted octanol–water partition coefficient (Wildman–Crippen LogP) is 1.68. The Morgan fingerprint density at radius 1 is 1.47 bits per heavy atom. The number of rotatable bonds is 3. The van der Waals surface area contributed by atoms with Gasteiger partial charge in [-0.1, -0.05) is 0 Å². The molecule has 0 radical (unpaired) electrons. The largest absolute Gasteiger partial charge is 0.466 e. The molecule has 15 heavy (non-hydrogen) atoms. The van der Waals surface area contributed by atoms with Gasteiger partial charge in [0.15, 0.2) is 0 Å². The third kappa shape index (κ3) is 2.35. The summed E-state index contributed by atoms with van der Waals surface area (Å²) in [4.78, 5) is 15.5. The fourth-order valence-electron chi connectivity index (χ4n) is 1.96.